The molecule has 1 aliphatic heterocycles. The molecule has 0 radical (unpaired) electrons. The number of aliphatic hydroxyl groups is 1. The van der Waals surface area contributed by atoms with Crippen molar-refractivity contribution >= 4 is 23.3 Å². The van der Waals surface area contributed by atoms with Crippen LogP contribution in [-0.2, 0) is 14.9 Å². The lowest BCUT2D eigenvalue weighted by Gasteiger charge is -2.36. The lowest BCUT2D eigenvalue weighted by atomic mass is 9.98. The Labute approximate surface area is 135 Å². The number of aliphatic hydroxyl groups excluding tert-OH is 1. The Bertz CT molecular complexity index is 548. The van der Waals surface area contributed by atoms with Crippen molar-refractivity contribution in [1.29, 1.82) is 0 Å². The van der Waals surface area contributed by atoms with Gasteiger partial charge >= 0.3 is 0 Å². The number of nitrogens with zero attached hydrogens (tertiary/aromatic N) is 2. The average molecular weight is 324 g/mol. The van der Waals surface area contributed by atoms with Gasteiger partial charge in [-0.1, -0.05) is 20.8 Å². The maximum Gasteiger partial charge on any atom is 0.247 e. The first-order valence-electron chi connectivity index (χ1n) is 7.48. The van der Waals surface area contributed by atoms with Crippen molar-refractivity contribution in [3.63, 3.8) is 0 Å². The number of amides is 1. The van der Waals surface area contributed by atoms with Crippen molar-refractivity contribution in [3.8, 4) is 0 Å². The molecule has 0 bridgehead atoms. The fourth-order valence-electron chi connectivity index (χ4n) is 2.19. The van der Waals surface area contributed by atoms with E-state index in [-0.39, 0.29) is 30.1 Å². The highest BCUT2D eigenvalue weighted by atomic mass is 32.1. The van der Waals surface area contributed by atoms with Crippen LogP contribution >= 0.6 is 11.3 Å². The lowest BCUT2D eigenvalue weighted by Crippen LogP contribution is -2.51. The maximum atomic E-state index is 12.3. The molecule has 1 amide bonds. The molecule has 1 N–H and O–H groups in total. The zero-order valence-electron chi connectivity index (χ0n) is 13.6. The summed E-state index contributed by atoms with van der Waals surface area (Å²) in [6, 6.07) is 0.0200. The Hall–Kier alpha value is -1.24. The smallest absolute Gasteiger partial charge is 0.247 e. The molecule has 0 saturated carbocycles. The van der Waals surface area contributed by atoms with Crippen LogP contribution < -0.4 is 0 Å². The Morgan fingerprint density at radius 1 is 1.59 bits per heavy atom. The molecular formula is C16H24N2O3S. The second-order valence-corrected chi connectivity index (χ2v) is 7.69. The van der Waals surface area contributed by atoms with Crippen molar-refractivity contribution in [2.45, 2.75) is 45.3 Å². The summed E-state index contributed by atoms with van der Waals surface area (Å²) in [5.74, 6) is -0.0556. The van der Waals surface area contributed by atoms with Gasteiger partial charge in [0.05, 0.1) is 30.4 Å². The first-order valence-corrected chi connectivity index (χ1v) is 8.30. The van der Waals surface area contributed by atoms with Crippen molar-refractivity contribution in [3.05, 3.63) is 22.2 Å². The average Bonchev–Trinajstić information content (AvgIpc) is 2.94. The molecule has 1 aromatic heterocycles. The summed E-state index contributed by atoms with van der Waals surface area (Å²) < 4.78 is 5.45. The molecule has 0 aromatic carbocycles. The molecule has 122 valence electrons. The van der Waals surface area contributed by atoms with Crippen LogP contribution in [0.1, 0.15) is 37.6 Å². The van der Waals surface area contributed by atoms with Gasteiger partial charge in [-0.15, -0.1) is 11.3 Å². The van der Waals surface area contributed by atoms with E-state index in [1.54, 1.807) is 28.5 Å². The molecule has 6 heteroatoms. The summed E-state index contributed by atoms with van der Waals surface area (Å²) in [6.07, 6.45) is 4.90. The van der Waals surface area contributed by atoms with Gasteiger partial charge in [-0.25, -0.2) is 4.98 Å². The van der Waals surface area contributed by atoms with Crippen LogP contribution in [0.25, 0.3) is 6.08 Å². The zero-order chi connectivity index (χ0) is 16.3. The number of carbonyl (C=O) groups excluding carboxylic acids is 1. The third-order valence-corrected chi connectivity index (χ3v) is 4.94. The van der Waals surface area contributed by atoms with Crippen LogP contribution in [0.15, 0.2) is 12.3 Å². The number of hydrogen-bond acceptors (Lipinski definition) is 5. The normalized spacial score (nSPS) is 23.2. The number of hydrogen-bond donors (Lipinski definition) is 1. The third-order valence-electron chi connectivity index (χ3n) is 3.55. The quantitative estimate of drug-likeness (QED) is 0.865. The van der Waals surface area contributed by atoms with Crippen molar-refractivity contribution in [1.82, 2.24) is 9.88 Å². The van der Waals surface area contributed by atoms with E-state index in [0.29, 0.717) is 13.2 Å². The summed E-state index contributed by atoms with van der Waals surface area (Å²) in [5, 5.41) is 10.2. The first-order chi connectivity index (χ1) is 10.3. The molecule has 1 fully saturated rings. The molecular weight excluding hydrogens is 300 g/mol. The van der Waals surface area contributed by atoms with Gasteiger partial charge in [0, 0.05) is 29.1 Å². The number of aromatic nitrogens is 1. The van der Waals surface area contributed by atoms with E-state index in [1.165, 1.54) is 0 Å². The highest BCUT2D eigenvalue weighted by molar-refractivity contribution is 7.12. The highest BCUT2D eigenvalue weighted by Crippen LogP contribution is 2.27. The number of ether oxygens (including phenoxy) is 1. The highest BCUT2D eigenvalue weighted by Gasteiger charge is 2.28. The van der Waals surface area contributed by atoms with E-state index in [9.17, 15) is 9.90 Å². The predicted molar refractivity (Wildman–Crippen MR) is 87.8 cm³/mol. The van der Waals surface area contributed by atoms with Crippen LogP contribution in [0.4, 0.5) is 0 Å². The minimum atomic E-state index is -0.288. The topological polar surface area (TPSA) is 62.7 Å². The standard InChI is InChI=1S/C16H24N2O3S/c1-11-10-21-12(9-19)8-18(11)14(20)6-5-13-7-17-15(22-13)16(2,3)4/h5-7,11-12,19H,8-10H2,1-4H3/b6-5+. The Kier molecular flexibility index (Phi) is 5.36. The van der Waals surface area contributed by atoms with Crippen LogP contribution in [0.5, 0.6) is 0 Å². The molecule has 1 aromatic rings. The van der Waals surface area contributed by atoms with Crippen molar-refractivity contribution < 1.29 is 14.6 Å². The number of morpholine rings is 1. The largest absolute Gasteiger partial charge is 0.394 e. The maximum absolute atomic E-state index is 12.3. The van der Waals surface area contributed by atoms with E-state index >= 15 is 0 Å². The summed E-state index contributed by atoms with van der Waals surface area (Å²) in [7, 11) is 0. The molecule has 2 unspecified atom stereocenters. The molecule has 2 atom stereocenters. The van der Waals surface area contributed by atoms with Crippen LogP contribution in [0.3, 0.4) is 0 Å². The lowest BCUT2D eigenvalue weighted by molar-refractivity contribution is -0.140. The Balaban J connectivity index is 2.03. The molecule has 0 aliphatic carbocycles. The molecule has 2 rings (SSSR count). The van der Waals surface area contributed by atoms with Gasteiger partial charge in [-0.05, 0) is 13.0 Å². The second kappa shape index (κ2) is 6.89. The number of carbonyl (C=O) groups is 1. The summed E-state index contributed by atoms with van der Waals surface area (Å²) in [6.45, 7) is 9.13. The van der Waals surface area contributed by atoms with Crippen LogP contribution in [0.2, 0.25) is 0 Å². The van der Waals surface area contributed by atoms with Crippen molar-refractivity contribution in [2.75, 3.05) is 19.8 Å². The summed E-state index contributed by atoms with van der Waals surface area (Å²) in [5.41, 5.74) is 0.0217. The van der Waals surface area contributed by atoms with E-state index in [2.05, 4.69) is 25.8 Å². The Morgan fingerprint density at radius 3 is 2.91 bits per heavy atom. The van der Waals surface area contributed by atoms with Crippen molar-refractivity contribution in [2.24, 2.45) is 0 Å². The molecule has 1 saturated heterocycles. The zero-order valence-corrected chi connectivity index (χ0v) is 14.4. The fraction of sp³-hybridized carbons (Fsp3) is 0.625. The summed E-state index contributed by atoms with van der Waals surface area (Å²) in [4.78, 5) is 19.5. The first kappa shape index (κ1) is 17.1. The number of thiazole rings is 1. The number of rotatable bonds is 3. The van der Waals surface area contributed by atoms with E-state index in [4.69, 9.17) is 4.74 Å². The molecule has 0 spiro atoms. The van der Waals surface area contributed by atoms with Gasteiger partial charge in [-0.3, -0.25) is 4.79 Å². The molecule has 1 aliphatic rings. The second-order valence-electron chi connectivity index (χ2n) is 6.63. The third kappa shape index (κ3) is 4.15. The van der Waals surface area contributed by atoms with Gasteiger partial charge in [0.2, 0.25) is 5.91 Å². The van der Waals surface area contributed by atoms with Gasteiger partial charge in [-0.2, -0.15) is 0 Å². The molecule has 2 heterocycles. The van der Waals surface area contributed by atoms with E-state index in [0.717, 1.165) is 9.88 Å². The minimum absolute atomic E-state index is 0.0200. The monoisotopic (exact) mass is 324 g/mol. The van der Waals surface area contributed by atoms with Crippen LogP contribution in [-0.4, -0.2) is 52.8 Å². The SMILES string of the molecule is CC1COC(CO)CN1C(=O)/C=C/c1cnc(C(C)(C)C)s1. The molecule has 22 heavy (non-hydrogen) atoms. The van der Waals surface area contributed by atoms with E-state index in [1.807, 2.05) is 13.0 Å². The van der Waals surface area contributed by atoms with Crippen LogP contribution in [0, 0.1) is 0 Å². The van der Waals surface area contributed by atoms with Gasteiger partial charge < -0.3 is 14.7 Å². The van der Waals surface area contributed by atoms with Gasteiger partial charge in [0.1, 0.15) is 0 Å². The minimum Gasteiger partial charge on any atom is -0.394 e. The van der Waals surface area contributed by atoms with E-state index < -0.39 is 0 Å². The molecule has 5 nitrogen and oxygen atoms in total. The Morgan fingerprint density at radius 2 is 2.32 bits per heavy atom. The van der Waals surface area contributed by atoms with Gasteiger partial charge in [0.15, 0.2) is 0 Å². The predicted octanol–water partition coefficient (Wildman–Crippen LogP) is 2.06. The van der Waals surface area contributed by atoms with Gasteiger partial charge in [0.25, 0.3) is 0 Å². The fourth-order valence-corrected chi connectivity index (χ4v) is 3.07. The summed E-state index contributed by atoms with van der Waals surface area (Å²) >= 11 is 1.60.